The first kappa shape index (κ1) is 10.8. The third kappa shape index (κ3) is 2.20. The Labute approximate surface area is 101 Å². The van der Waals surface area contributed by atoms with E-state index in [2.05, 4.69) is 15.7 Å². The molecule has 1 aliphatic carbocycles. The van der Waals surface area contributed by atoms with Crippen molar-refractivity contribution in [1.29, 1.82) is 0 Å². The molecule has 0 unspecified atom stereocenters. The second kappa shape index (κ2) is 4.14. The largest absolute Gasteiger partial charge is 0.353 e. The first-order valence-electron chi connectivity index (χ1n) is 6.23. The van der Waals surface area contributed by atoms with Crippen LogP contribution < -0.4 is 10.6 Å². The van der Waals surface area contributed by atoms with Crippen molar-refractivity contribution in [1.82, 2.24) is 20.4 Å². The van der Waals surface area contributed by atoms with Gasteiger partial charge < -0.3 is 10.6 Å². The van der Waals surface area contributed by atoms with Crippen LogP contribution in [-0.2, 0) is 11.8 Å². The Morgan fingerprint density at radius 2 is 2.35 bits per heavy atom. The Bertz CT molecular complexity index is 424. The molecule has 2 atom stereocenters. The van der Waals surface area contributed by atoms with Crippen LogP contribution in [0.2, 0.25) is 0 Å². The molecule has 1 aromatic heterocycles. The van der Waals surface area contributed by atoms with Crippen LogP contribution in [0.1, 0.15) is 24.3 Å². The summed E-state index contributed by atoms with van der Waals surface area (Å²) in [7, 11) is 1.91. The zero-order valence-corrected chi connectivity index (χ0v) is 10.0. The highest BCUT2D eigenvalue weighted by Gasteiger charge is 2.36. The van der Waals surface area contributed by atoms with Gasteiger partial charge in [-0.3, -0.25) is 9.48 Å². The Morgan fingerprint density at radius 3 is 3.00 bits per heavy atom. The van der Waals surface area contributed by atoms with Gasteiger partial charge >= 0.3 is 0 Å². The maximum absolute atomic E-state index is 12.1. The summed E-state index contributed by atoms with van der Waals surface area (Å²) in [4.78, 5) is 12.1. The van der Waals surface area contributed by atoms with E-state index in [1.165, 1.54) is 0 Å². The standard InChI is InChI=1S/C12H18N4O/c1-16-7-8(4-14-16)10-5-13-6-11(10)12(17)15-9-2-3-9/h4,7,9-11,13H,2-3,5-6H2,1H3,(H,15,17)/t10-,11+/m1/s1. The van der Waals surface area contributed by atoms with Crippen molar-refractivity contribution in [2.24, 2.45) is 13.0 Å². The van der Waals surface area contributed by atoms with Gasteiger partial charge in [0.25, 0.3) is 0 Å². The van der Waals surface area contributed by atoms with Crippen molar-refractivity contribution in [2.45, 2.75) is 24.8 Å². The summed E-state index contributed by atoms with van der Waals surface area (Å²) in [5.41, 5.74) is 1.16. The van der Waals surface area contributed by atoms with E-state index in [-0.39, 0.29) is 17.7 Å². The molecular formula is C12H18N4O. The molecule has 5 heteroatoms. The lowest BCUT2D eigenvalue weighted by Gasteiger charge is -2.16. The molecule has 1 aromatic rings. The number of amides is 1. The topological polar surface area (TPSA) is 59.0 Å². The van der Waals surface area contributed by atoms with E-state index >= 15 is 0 Å². The molecule has 3 rings (SSSR count). The lowest BCUT2D eigenvalue weighted by atomic mass is 9.90. The Kier molecular flexibility index (Phi) is 2.63. The second-order valence-corrected chi connectivity index (χ2v) is 5.10. The number of carbonyl (C=O) groups excluding carboxylic acids is 1. The highest BCUT2D eigenvalue weighted by atomic mass is 16.2. The molecule has 2 fully saturated rings. The van der Waals surface area contributed by atoms with Gasteiger partial charge in [0.1, 0.15) is 0 Å². The predicted molar refractivity (Wildman–Crippen MR) is 63.5 cm³/mol. The van der Waals surface area contributed by atoms with E-state index in [9.17, 15) is 4.79 Å². The maximum atomic E-state index is 12.1. The second-order valence-electron chi connectivity index (χ2n) is 5.10. The van der Waals surface area contributed by atoms with Gasteiger partial charge in [0.15, 0.2) is 0 Å². The van der Waals surface area contributed by atoms with E-state index in [4.69, 9.17) is 0 Å². The minimum atomic E-state index is 0.0554. The minimum Gasteiger partial charge on any atom is -0.353 e. The molecule has 0 spiro atoms. The number of carbonyl (C=O) groups is 1. The van der Waals surface area contributed by atoms with Crippen LogP contribution in [0.3, 0.4) is 0 Å². The highest BCUT2D eigenvalue weighted by molar-refractivity contribution is 5.81. The van der Waals surface area contributed by atoms with Gasteiger partial charge in [-0.05, 0) is 18.4 Å². The van der Waals surface area contributed by atoms with Crippen LogP contribution >= 0.6 is 0 Å². The summed E-state index contributed by atoms with van der Waals surface area (Å²) in [6, 6.07) is 0.442. The van der Waals surface area contributed by atoms with Crippen molar-refractivity contribution < 1.29 is 4.79 Å². The van der Waals surface area contributed by atoms with Crippen molar-refractivity contribution in [3.8, 4) is 0 Å². The fraction of sp³-hybridized carbons (Fsp3) is 0.667. The molecule has 1 saturated carbocycles. The molecule has 1 amide bonds. The molecule has 0 aromatic carbocycles. The summed E-state index contributed by atoms with van der Waals surface area (Å²) in [5, 5.41) is 10.6. The molecule has 0 radical (unpaired) electrons. The molecule has 5 nitrogen and oxygen atoms in total. The lowest BCUT2D eigenvalue weighted by molar-refractivity contribution is -0.124. The molecular weight excluding hydrogens is 216 g/mol. The number of hydrogen-bond donors (Lipinski definition) is 2. The fourth-order valence-corrected chi connectivity index (χ4v) is 2.47. The summed E-state index contributed by atoms with van der Waals surface area (Å²) < 4.78 is 1.80. The zero-order valence-electron chi connectivity index (χ0n) is 10.0. The van der Waals surface area contributed by atoms with Gasteiger partial charge in [-0.1, -0.05) is 0 Å². The molecule has 2 heterocycles. The molecule has 92 valence electrons. The third-order valence-corrected chi connectivity index (χ3v) is 3.63. The van der Waals surface area contributed by atoms with Crippen LogP contribution in [0.5, 0.6) is 0 Å². The SMILES string of the molecule is Cn1cc([C@H]2CNC[C@@H]2C(=O)NC2CC2)cn1. The van der Waals surface area contributed by atoms with Gasteiger partial charge in [0, 0.05) is 38.3 Å². The molecule has 2 aliphatic rings. The van der Waals surface area contributed by atoms with E-state index < -0.39 is 0 Å². The Morgan fingerprint density at radius 1 is 1.53 bits per heavy atom. The van der Waals surface area contributed by atoms with Gasteiger partial charge in [-0.2, -0.15) is 5.10 Å². The van der Waals surface area contributed by atoms with E-state index in [0.29, 0.717) is 6.04 Å². The summed E-state index contributed by atoms with van der Waals surface area (Å²) in [6.45, 7) is 1.65. The zero-order chi connectivity index (χ0) is 11.8. The molecule has 2 N–H and O–H groups in total. The number of hydrogen-bond acceptors (Lipinski definition) is 3. The third-order valence-electron chi connectivity index (χ3n) is 3.63. The average molecular weight is 234 g/mol. The lowest BCUT2D eigenvalue weighted by Crippen LogP contribution is -2.35. The van der Waals surface area contributed by atoms with Gasteiger partial charge in [0.05, 0.1) is 12.1 Å². The van der Waals surface area contributed by atoms with Crippen LogP contribution in [0.25, 0.3) is 0 Å². The minimum absolute atomic E-state index is 0.0554. The van der Waals surface area contributed by atoms with Crippen molar-refractivity contribution >= 4 is 5.91 Å². The summed E-state index contributed by atoms with van der Waals surface area (Å²) in [5.74, 6) is 0.522. The summed E-state index contributed by atoms with van der Waals surface area (Å²) >= 11 is 0. The number of nitrogens with zero attached hydrogens (tertiary/aromatic N) is 2. The predicted octanol–water partition coefficient (Wildman–Crippen LogP) is 0.00170. The molecule has 1 aliphatic heterocycles. The van der Waals surface area contributed by atoms with E-state index in [0.717, 1.165) is 31.5 Å². The van der Waals surface area contributed by atoms with E-state index in [1.807, 2.05) is 19.4 Å². The first-order chi connectivity index (χ1) is 8.24. The van der Waals surface area contributed by atoms with Crippen LogP contribution in [0, 0.1) is 5.92 Å². The molecule has 1 saturated heterocycles. The van der Waals surface area contributed by atoms with Crippen LogP contribution in [0.15, 0.2) is 12.4 Å². The average Bonchev–Trinajstić information content (AvgIpc) is 2.81. The number of aromatic nitrogens is 2. The van der Waals surface area contributed by atoms with Gasteiger partial charge in [0.2, 0.25) is 5.91 Å². The Balaban J connectivity index is 1.72. The van der Waals surface area contributed by atoms with Crippen molar-refractivity contribution in [2.75, 3.05) is 13.1 Å². The van der Waals surface area contributed by atoms with Crippen molar-refractivity contribution in [3.63, 3.8) is 0 Å². The number of rotatable bonds is 3. The van der Waals surface area contributed by atoms with Gasteiger partial charge in [-0.15, -0.1) is 0 Å². The maximum Gasteiger partial charge on any atom is 0.225 e. The number of nitrogens with one attached hydrogen (secondary N) is 2. The monoisotopic (exact) mass is 234 g/mol. The fourth-order valence-electron chi connectivity index (χ4n) is 2.47. The van der Waals surface area contributed by atoms with Crippen molar-refractivity contribution in [3.05, 3.63) is 18.0 Å². The molecule has 17 heavy (non-hydrogen) atoms. The quantitative estimate of drug-likeness (QED) is 0.774. The van der Waals surface area contributed by atoms with E-state index in [1.54, 1.807) is 4.68 Å². The molecule has 0 bridgehead atoms. The van der Waals surface area contributed by atoms with Crippen LogP contribution in [0.4, 0.5) is 0 Å². The first-order valence-corrected chi connectivity index (χ1v) is 6.23. The van der Waals surface area contributed by atoms with Gasteiger partial charge in [-0.25, -0.2) is 0 Å². The Hall–Kier alpha value is -1.36. The summed E-state index contributed by atoms with van der Waals surface area (Å²) in [6.07, 6.45) is 6.16. The van der Waals surface area contributed by atoms with Crippen LogP contribution in [-0.4, -0.2) is 34.8 Å². The smallest absolute Gasteiger partial charge is 0.225 e. The normalized spacial score (nSPS) is 28.3. The highest BCUT2D eigenvalue weighted by Crippen LogP contribution is 2.29. The number of aryl methyl sites for hydroxylation is 1.